The Morgan fingerprint density at radius 2 is 1.72 bits per heavy atom. The molecule has 0 saturated carbocycles. The van der Waals surface area contributed by atoms with E-state index in [2.05, 4.69) is 21.0 Å². The quantitative estimate of drug-likeness (QED) is 0.715. The number of aryl methyl sites for hydroxylation is 1. The lowest BCUT2D eigenvalue weighted by Crippen LogP contribution is -2.32. The maximum absolute atomic E-state index is 12.1. The first-order valence-electron chi connectivity index (χ1n) is 7.42. The molecule has 9 heteroatoms. The SMILES string of the molecule is COc1nn(C)cc1C(=O)NCC(=O)Nc1ccc(NC(C)=O)cc1. The summed E-state index contributed by atoms with van der Waals surface area (Å²) in [5.41, 5.74) is 1.42. The van der Waals surface area contributed by atoms with E-state index in [4.69, 9.17) is 4.74 Å². The summed E-state index contributed by atoms with van der Waals surface area (Å²) in [6, 6.07) is 6.62. The van der Waals surface area contributed by atoms with E-state index in [0.29, 0.717) is 11.4 Å². The summed E-state index contributed by atoms with van der Waals surface area (Å²) in [4.78, 5) is 35.0. The summed E-state index contributed by atoms with van der Waals surface area (Å²) in [5, 5.41) is 11.8. The number of anilines is 2. The van der Waals surface area contributed by atoms with E-state index in [9.17, 15) is 14.4 Å². The predicted molar refractivity (Wildman–Crippen MR) is 91.5 cm³/mol. The van der Waals surface area contributed by atoms with Gasteiger partial charge in [0.15, 0.2) is 0 Å². The standard InChI is InChI=1S/C16H19N5O4/c1-10(22)18-11-4-6-12(7-5-11)19-14(23)8-17-15(24)13-9-21(2)20-16(13)25-3/h4-7,9H,8H2,1-3H3,(H,17,24)(H,18,22)(H,19,23). The number of nitrogens with one attached hydrogen (secondary N) is 3. The minimum absolute atomic E-state index is 0.176. The number of aromatic nitrogens is 2. The van der Waals surface area contributed by atoms with Crippen molar-refractivity contribution in [3.8, 4) is 5.88 Å². The van der Waals surface area contributed by atoms with Crippen molar-refractivity contribution in [1.82, 2.24) is 15.1 Å². The Bertz CT molecular complexity index is 782. The smallest absolute Gasteiger partial charge is 0.258 e. The van der Waals surface area contributed by atoms with Crippen LogP contribution in [0.25, 0.3) is 0 Å². The van der Waals surface area contributed by atoms with Gasteiger partial charge in [-0.3, -0.25) is 19.1 Å². The van der Waals surface area contributed by atoms with Gasteiger partial charge >= 0.3 is 0 Å². The molecular formula is C16H19N5O4. The molecule has 0 fully saturated rings. The molecule has 25 heavy (non-hydrogen) atoms. The molecule has 1 aromatic heterocycles. The van der Waals surface area contributed by atoms with Crippen LogP contribution in [0.4, 0.5) is 11.4 Å². The largest absolute Gasteiger partial charge is 0.479 e. The molecule has 1 aromatic carbocycles. The fraction of sp³-hybridized carbons (Fsp3) is 0.250. The molecule has 0 radical (unpaired) electrons. The zero-order chi connectivity index (χ0) is 18.4. The summed E-state index contributed by atoms with van der Waals surface area (Å²) in [5.74, 6) is -0.830. The lowest BCUT2D eigenvalue weighted by Gasteiger charge is -2.08. The van der Waals surface area contributed by atoms with Gasteiger partial charge in [0.25, 0.3) is 5.91 Å². The highest BCUT2D eigenvalue weighted by Gasteiger charge is 2.16. The number of rotatable bonds is 6. The highest BCUT2D eigenvalue weighted by Crippen LogP contribution is 2.15. The number of hydrogen-bond donors (Lipinski definition) is 3. The number of ether oxygens (including phenoxy) is 1. The molecular weight excluding hydrogens is 326 g/mol. The Labute approximate surface area is 144 Å². The minimum atomic E-state index is -0.457. The second-order valence-electron chi connectivity index (χ2n) is 5.22. The molecule has 1 heterocycles. The van der Waals surface area contributed by atoms with Gasteiger partial charge in [-0.05, 0) is 24.3 Å². The van der Waals surface area contributed by atoms with E-state index in [1.165, 1.54) is 24.9 Å². The normalized spacial score (nSPS) is 10.0. The number of methoxy groups -OCH3 is 1. The fourth-order valence-corrected chi connectivity index (χ4v) is 2.08. The Hall–Kier alpha value is -3.36. The first-order valence-corrected chi connectivity index (χ1v) is 7.42. The van der Waals surface area contributed by atoms with E-state index in [1.807, 2.05) is 0 Å². The monoisotopic (exact) mass is 345 g/mol. The zero-order valence-corrected chi connectivity index (χ0v) is 14.1. The molecule has 0 unspecified atom stereocenters. The van der Waals surface area contributed by atoms with Crippen LogP contribution >= 0.6 is 0 Å². The lowest BCUT2D eigenvalue weighted by molar-refractivity contribution is -0.115. The maximum atomic E-state index is 12.1. The topological polar surface area (TPSA) is 114 Å². The van der Waals surface area contributed by atoms with Crippen molar-refractivity contribution in [1.29, 1.82) is 0 Å². The lowest BCUT2D eigenvalue weighted by atomic mass is 10.2. The average molecular weight is 345 g/mol. The van der Waals surface area contributed by atoms with Gasteiger partial charge in [0.1, 0.15) is 5.56 Å². The summed E-state index contributed by atoms with van der Waals surface area (Å²) in [7, 11) is 3.08. The number of carbonyl (C=O) groups is 3. The fourth-order valence-electron chi connectivity index (χ4n) is 2.08. The zero-order valence-electron chi connectivity index (χ0n) is 14.1. The van der Waals surface area contributed by atoms with Crippen molar-refractivity contribution < 1.29 is 19.1 Å². The van der Waals surface area contributed by atoms with Crippen LogP contribution in [0.1, 0.15) is 17.3 Å². The molecule has 0 spiro atoms. The highest BCUT2D eigenvalue weighted by atomic mass is 16.5. The Morgan fingerprint density at radius 1 is 1.12 bits per heavy atom. The summed E-state index contributed by atoms with van der Waals surface area (Å²) >= 11 is 0. The summed E-state index contributed by atoms with van der Waals surface area (Å²) < 4.78 is 6.45. The van der Waals surface area contributed by atoms with Crippen LogP contribution in [0, 0.1) is 0 Å². The first kappa shape index (κ1) is 18.0. The number of nitrogens with zero attached hydrogens (tertiary/aromatic N) is 2. The van der Waals surface area contributed by atoms with Gasteiger partial charge in [-0.1, -0.05) is 0 Å². The second-order valence-corrected chi connectivity index (χ2v) is 5.22. The van der Waals surface area contributed by atoms with Gasteiger partial charge in [-0.2, -0.15) is 0 Å². The third-order valence-electron chi connectivity index (χ3n) is 3.13. The molecule has 0 bridgehead atoms. The first-order chi connectivity index (χ1) is 11.9. The van der Waals surface area contributed by atoms with Crippen molar-refractivity contribution in [2.45, 2.75) is 6.92 Å². The van der Waals surface area contributed by atoms with E-state index in [-0.39, 0.29) is 29.8 Å². The molecule has 0 saturated heterocycles. The van der Waals surface area contributed by atoms with Gasteiger partial charge in [0.2, 0.25) is 17.7 Å². The third kappa shape index (κ3) is 5.06. The third-order valence-corrected chi connectivity index (χ3v) is 3.13. The molecule has 3 amide bonds. The highest BCUT2D eigenvalue weighted by molar-refractivity contribution is 6.00. The van der Waals surface area contributed by atoms with Crippen molar-refractivity contribution in [3.63, 3.8) is 0 Å². The summed E-state index contributed by atoms with van der Waals surface area (Å²) in [6.07, 6.45) is 1.51. The number of benzene rings is 1. The Morgan fingerprint density at radius 3 is 2.28 bits per heavy atom. The van der Waals surface area contributed by atoms with Gasteiger partial charge < -0.3 is 20.7 Å². The van der Waals surface area contributed by atoms with Crippen molar-refractivity contribution in [2.75, 3.05) is 24.3 Å². The molecule has 3 N–H and O–H groups in total. The van der Waals surface area contributed by atoms with E-state index >= 15 is 0 Å². The molecule has 0 aliphatic carbocycles. The van der Waals surface area contributed by atoms with Crippen LogP contribution < -0.4 is 20.7 Å². The van der Waals surface area contributed by atoms with E-state index in [0.717, 1.165) is 0 Å². The van der Waals surface area contributed by atoms with Crippen molar-refractivity contribution >= 4 is 29.1 Å². The molecule has 2 aromatic rings. The van der Waals surface area contributed by atoms with Crippen LogP contribution in [0.2, 0.25) is 0 Å². The van der Waals surface area contributed by atoms with Crippen LogP contribution in [-0.4, -0.2) is 41.2 Å². The van der Waals surface area contributed by atoms with Gasteiger partial charge in [-0.15, -0.1) is 5.10 Å². The second kappa shape index (κ2) is 7.95. The van der Waals surface area contributed by atoms with Gasteiger partial charge in [-0.25, -0.2) is 0 Å². The number of amides is 3. The van der Waals surface area contributed by atoms with E-state index < -0.39 is 5.91 Å². The minimum Gasteiger partial charge on any atom is -0.479 e. The Kier molecular flexibility index (Phi) is 5.72. The summed E-state index contributed by atoms with van der Waals surface area (Å²) in [6.45, 7) is 1.21. The van der Waals surface area contributed by atoms with Crippen molar-refractivity contribution in [2.24, 2.45) is 7.05 Å². The predicted octanol–water partition coefficient (Wildman–Crippen LogP) is 0.756. The van der Waals surface area contributed by atoms with Crippen LogP contribution in [0.5, 0.6) is 5.88 Å². The van der Waals surface area contributed by atoms with Crippen LogP contribution in [0.3, 0.4) is 0 Å². The average Bonchev–Trinajstić information content (AvgIpc) is 2.95. The number of hydrogen-bond acceptors (Lipinski definition) is 5. The molecule has 0 atom stereocenters. The number of carbonyl (C=O) groups excluding carboxylic acids is 3. The Balaban J connectivity index is 1.87. The van der Waals surface area contributed by atoms with Crippen molar-refractivity contribution in [3.05, 3.63) is 36.0 Å². The van der Waals surface area contributed by atoms with E-state index in [1.54, 1.807) is 31.3 Å². The van der Waals surface area contributed by atoms with Crippen LogP contribution in [0.15, 0.2) is 30.5 Å². The molecule has 0 aliphatic heterocycles. The molecule has 132 valence electrons. The molecule has 0 aliphatic rings. The maximum Gasteiger partial charge on any atom is 0.258 e. The molecule has 2 rings (SSSR count). The van der Waals surface area contributed by atoms with Gasteiger partial charge in [0, 0.05) is 31.5 Å². The van der Waals surface area contributed by atoms with Crippen LogP contribution in [-0.2, 0) is 16.6 Å². The van der Waals surface area contributed by atoms with Gasteiger partial charge in [0.05, 0.1) is 13.7 Å². The molecule has 9 nitrogen and oxygen atoms in total.